The molecule has 0 aromatic carbocycles. The Kier molecular flexibility index (Phi) is 5.85. The first kappa shape index (κ1) is 18.4. The third-order valence-electron chi connectivity index (χ3n) is 4.99. The summed E-state index contributed by atoms with van der Waals surface area (Å²) < 4.78 is 2.09. The van der Waals surface area contributed by atoms with Crippen molar-refractivity contribution in [1.29, 1.82) is 0 Å². The molecule has 0 aliphatic carbocycles. The zero-order valence-corrected chi connectivity index (χ0v) is 15.6. The van der Waals surface area contributed by atoms with Crippen molar-refractivity contribution in [2.45, 2.75) is 52.0 Å². The van der Waals surface area contributed by atoms with Gasteiger partial charge in [-0.15, -0.1) is 0 Å². The largest absolute Gasteiger partial charge is 0.382 e. The standard InChI is InChI=1S/C19H28N6O/c1-14(2)19-23-8-11-24(19)10-5-17(26)25-9-3-4-15(13-25)12-16-18(20)22-7-6-21-16/h6-8,11,14-15H,3-5,9-10,12-13H2,1-2H3,(H2,20,22)/t15-/m0/s1. The number of aromatic nitrogens is 4. The maximum absolute atomic E-state index is 12.7. The number of anilines is 1. The Hall–Kier alpha value is -2.44. The van der Waals surface area contributed by atoms with Crippen LogP contribution in [0.5, 0.6) is 0 Å². The van der Waals surface area contributed by atoms with Gasteiger partial charge in [0.05, 0.1) is 5.69 Å². The van der Waals surface area contributed by atoms with Crippen LogP contribution in [0.4, 0.5) is 5.82 Å². The number of nitrogens with zero attached hydrogens (tertiary/aromatic N) is 5. The number of carbonyl (C=O) groups is 1. The lowest BCUT2D eigenvalue weighted by molar-refractivity contribution is -0.133. The highest BCUT2D eigenvalue weighted by Crippen LogP contribution is 2.22. The van der Waals surface area contributed by atoms with Gasteiger partial charge in [-0.1, -0.05) is 13.8 Å². The fraction of sp³-hybridized carbons (Fsp3) is 0.579. The molecular weight excluding hydrogens is 328 g/mol. The second-order valence-corrected chi connectivity index (χ2v) is 7.32. The molecule has 0 unspecified atom stereocenters. The normalized spacial score (nSPS) is 17.7. The van der Waals surface area contributed by atoms with E-state index in [9.17, 15) is 4.79 Å². The predicted molar refractivity (Wildman–Crippen MR) is 100 cm³/mol. The molecule has 1 aliphatic rings. The maximum atomic E-state index is 12.7. The lowest BCUT2D eigenvalue weighted by Gasteiger charge is -2.33. The molecule has 140 valence electrons. The molecule has 0 bridgehead atoms. The van der Waals surface area contributed by atoms with Gasteiger partial charge in [0, 0.05) is 56.8 Å². The van der Waals surface area contributed by atoms with Crippen molar-refractivity contribution in [2.24, 2.45) is 5.92 Å². The molecule has 7 heteroatoms. The van der Waals surface area contributed by atoms with E-state index in [1.54, 1.807) is 12.4 Å². The van der Waals surface area contributed by atoms with Crippen LogP contribution in [-0.4, -0.2) is 43.4 Å². The molecule has 1 fully saturated rings. The number of nitrogens with two attached hydrogens (primary N) is 1. The summed E-state index contributed by atoms with van der Waals surface area (Å²) in [4.78, 5) is 27.5. The minimum absolute atomic E-state index is 0.213. The van der Waals surface area contributed by atoms with E-state index in [1.165, 1.54) is 0 Å². The molecule has 2 N–H and O–H groups in total. The second kappa shape index (κ2) is 8.29. The van der Waals surface area contributed by atoms with Crippen LogP contribution in [0.25, 0.3) is 0 Å². The van der Waals surface area contributed by atoms with Crippen LogP contribution in [0.1, 0.15) is 50.5 Å². The first-order valence-electron chi connectivity index (χ1n) is 9.38. The molecule has 2 aromatic rings. The van der Waals surface area contributed by atoms with Gasteiger partial charge in [-0.25, -0.2) is 9.97 Å². The van der Waals surface area contributed by atoms with Crippen LogP contribution >= 0.6 is 0 Å². The summed E-state index contributed by atoms with van der Waals surface area (Å²) in [5.74, 6) is 2.50. The number of piperidine rings is 1. The summed E-state index contributed by atoms with van der Waals surface area (Å²) in [5, 5.41) is 0. The van der Waals surface area contributed by atoms with Crippen LogP contribution < -0.4 is 5.73 Å². The van der Waals surface area contributed by atoms with E-state index in [2.05, 4.69) is 33.4 Å². The van der Waals surface area contributed by atoms with E-state index in [0.717, 1.165) is 43.9 Å². The average molecular weight is 356 g/mol. The molecule has 7 nitrogen and oxygen atoms in total. The van der Waals surface area contributed by atoms with Gasteiger partial charge in [0.2, 0.25) is 5.91 Å². The van der Waals surface area contributed by atoms with E-state index in [0.29, 0.717) is 30.6 Å². The number of amides is 1. The van der Waals surface area contributed by atoms with Gasteiger partial charge in [-0.3, -0.25) is 9.78 Å². The molecule has 3 rings (SSSR count). The van der Waals surface area contributed by atoms with E-state index >= 15 is 0 Å². The number of likely N-dealkylation sites (tertiary alicyclic amines) is 1. The maximum Gasteiger partial charge on any atom is 0.224 e. The third kappa shape index (κ3) is 4.39. The molecule has 0 spiro atoms. The highest BCUT2D eigenvalue weighted by atomic mass is 16.2. The van der Waals surface area contributed by atoms with Gasteiger partial charge < -0.3 is 15.2 Å². The Morgan fingerprint density at radius 2 is 2.08 bits per heavy atom. The molecule has 1 saturated heterocycles. The number of carbonyl (C=O) groups excluding carboxylic acids is 1. The lowest BCUT2D eigenvalue weighted by atomic mass is 9.93. The second-order valence-electron chi connectivity index (χ2n) is 7.32. The van der Waals surface area contributed by atoms with Gasteiger partial charge in [0.1, 0.15) is 11.6 Å². The van der Waals surface area contributed by atoms with Crippen LogP contribution in [-0.2, 0) is 17.8 Å². The molecule has 2 aromatic heterocycles. The van der Waals surface area contributed by atoms with Crippen molar-refractivity contribution in [3.05, 3.63) is 36.3 Å². The van der Waals surface area contributed by atoms with Crippen molar-refractivity contribution >= 4 is 11.7 Å². The van der Waals surface area contributed by atoms with Gasteiger partial charge in [0.15, 0.2) is 0 Å². The highest BCUT2D eigenvalue weighted by molar-refractivity contribution is 5.76. The molecule has 1 atom stereocenters. The fourth-order valence-corrected chi connectivity index (χ4v) is 3.65. The summed E-state index contributed by atoms with van der Waals surface area (Å²) in [6.07, 6.45) is 10.5. The average Bonchev–Trinajstić information content (AvgIpc) is 3.11. The van der Waals surface area contributed by atoms with Crippen molar-refractivity contribution in [3.8, 4) is 0 Å². The molecule has 3 heterocycles. The molecule has 26 heavy (non-hydrogen) atoms. The Morgan fingerprint density at radius 3 is 2.85 bits per heavy atom. The number of nitrogen functional groups attached to an aromatic ring is 1. The van der Waals surface area contributed by atoms with E-state index in [4.69, 9.17) is 5.73 Å². The number of hydrogen-bond donors (Lipinski definition) is 1. The fourth-order valence-electron chi connectivity index (χ4n) is 3.65. The Bertz CT molecular complexity index is 741. The van der Waals surface area contributed by atoms with E-state index in [-0.39, 0.29) is 5.91 Å². The quantitative estimate of drug-likeness (QED) is 0.857. The smallest absolute Gasteiger partial charge is 0.224 e. The molecule has 1 amide bonds. The number of hydrogen-bond acceptors (Lipinski definition) is 5. The summed E-state index contributed by atoms with van der Waals surface area (Å²) in [6.45, 7) is 6.54. The number of aryl methyl sites for hydroxylation is 1. The Balaban J connectivity index is 1.54. The van der Waals surface area contributed by atoms with Crippen molar-refractivity contribution in [1.82, 2.24) is 24.4 Å². The SMILES string of the molecule is CC(C)c1nccn1CCC(=O)N1CCC[C@@H](Cc2nccnc2N)C1. The van der Waals surface area contributed by atoms with E-state index < -0.39 is 0 Å². The van der Waals surface area contributed by atoms with Gasteiger partial charge in [-0.05, 0) is 25.2 Å². The first-order valence-corrected chi connectivity index (χ1v) is 9.38. The zero-order valence-electron chi connectivity index (χ0n) is 15.6. The van der Waals surface area contributed by atoms with Crippen molar-refractivity contribution in [2.75, 3.05) is 18.8 Å². The van der Waals surface area contributed by atoms with Crippen LogP contribution in [0.15, 0.2) is 24.8 Å². The Morgan fingerprint density at radius 1 is 1.27 bits per heavy atom. The van der Waals surface area contributed by atoms with Crippen LogP contribution in [0.2, 0.25) is 0 Å². The monoisotopic (exact) mass is 356 g/mol. The van der Waals surface area contributed by atoms with Crippen molar-refractivity contribution in [3.63, 3.8) is 0 Å². The predicted octanol–water partition coefficient (Wildman–Crippen LogP) is 2.25. The molecule has 0 radical (unpaired) electrons. The minimum atomic E-state index is 0.213. The Labute approximate surface area is 154 Å². The molecular formula is C19H28N6O. The lowest BCUT2D eigenvalue weighted by Crippen LogP contribution is -2.41. The van der Waals surface area contributed by atoms with Gasteiger partial charge >= 0.3 is 0 Å². The highest BCUT2D eigenvalue weighted by Gasteiger charge is 2.24. The van der Waals surface area contributed by atoms with Crippen LogP contribution in [0, 0.1) is 5.92 Å². The summed E-state index contributed by atoms with van der Waals surface area (Å²) in [5.41, 5.74) is 6.75. The summed E-state index contributed by atoms with van der Waals surface area (Å²) >= 11 is 0. The minimum Gasteiger partial charge on any atom is -0.382 e. The first-order chi connectivity index (χ1) is 12.5. The van der Waals surface area contributed by atoms with E-state index in [1.807, 2.05) is 17.3 Å². The van der Waals surface area contributed by atoms with Gasteiger partial charge in [-0.2, -0.15) is 0 Å². The summed E-state index contributed by atoms with van der Waals surface area (Å²) in [7, 11) is 0. The third-order valence-corrected chi connectivity index (χ3v) is 4.99. The number of imidazole rings is 1. The molecule has 0 saturated carbocycles. The number of rotatable bonds is 6. The summed E-state index contributed by atoms with van der Waals surface area (Å²) in [6, 6.07) is 0. The zero-order chi connectivity index (χ0) is 18.5. The van der Waals surface area contributed by atoms with Gasteiger partial charge in [0.25, 0.3) is 0 Å². The van der Waals surface area contributed by atoms with Crippen LogP contribution in [0.3, 0.4) is 0 Å². The topological polar surface area (TPSA) is 89.9 Å². The van der Waals surface area contributed by atoms with Crippen molar-refractivity contribution < 1.29 is 4.79 Å². The molecule has 1 aliphatic heterocycles.